The Morgan fingerprint density at radius 1 is 1.30 bits per heavy atom. The summed E-state index contributed by atoms with van der Waals surface area (Å²) in [6.07, 6.45) is 4.29. The van der Waals surface area contributed by atoms with E-state index in [-0.39, 0.29) is 10.5 Å². The Hall–Kier alpha value is -0.870. The molecular weight excluding hydrogens is 272 g/mol. The molecule has 0 aliphatic carbocycles. The average molecular weight is 294 g/mol. The molecule has 20 heavy (non-hydrogen) atoms. The van der Waals surface area contributed by atoms with Gasteiger partial charge < -0.3 is 9.84 Å². The van der Waals surface area contributed by atoms with Crippen LogP contribution in [0, 0.1) is 0 Å². The molecule has 2 atom stereocenters. The van der Waals surface area contributed by atoms with Crippen LogP contribution in [0.2, 0.25) is 0 Å². The van der Waals surface area contributed by atoms with Gasteiger partial charge in [0, 0.05) is 26.9 Å². The third-order valence-corrected chi connectivity index (χ3v) is 6.65. The van der Waals surface area contributed by atoms with Crippen molar-refractivity contribution in [3.63, 3.8) is 0 Å². The van der Waals surface area contributed by atoms with Gasteiger partial charge in [0.1, 0.15) is 5.75 Å². The smallest absolute Gasteiger partial charge is 0.125 e. The Kier molecular flexibility index (Phi) is 3.87. The van der Waals surface area contributed by atoms with Gasteiger partial charge in [-0.3, -0.25) is 4.21 Å². The lowest BCUT2D eigenvalue weighted by atomic mass is 9.80. The zero-order valence-electron chi connectivity index (χ0n) is 11.9. The topological polar surface area (TPSA) is 46.5 Å². The molecule has 3 nitrogen and oxygen atoms in total. The molecule has 1 aromatic rings. The lowest BCUT2D eigenvalue weighted by molar-refractivity contribution is 0.00416. The molecule has 2 unspecified atom stereocenters. The van der Waals surface area contributed by atoms with E-state index in [0.29, 0.717) is 19.4 Å². The van der Waals surface area contributed by atoms with Crippen LogP contribution in [0.3, 0.4) is 0 Å². The molecule has 3 rings (SSSR count). The fraction of sp³-hybridized carbons (Fsp3) is 0.625. The SMILES string of the molecule is CCOc1ccccc1C1(O)CC2CCCC(C1)S2=O. The van der Waals surface area contributed by atoms with E-state index in [0.717, 1.165) is 30.6 Å². The maximum absolute atomic E-state index is 12.3. The molecule has 0 aromatic heterocycles. The van der Waals surface area contributed by atoms with Gasteiger partial charge in [-0.25, -0.2) is 0 Å². The van der Waals surface area contributed by atoms with Crippen LogP contribution in [0.4, 0.5) is 0 Å². The summed E-state index contributed by atoms with van der Waals surface area (Å²) in [5.41, 5.74) is -0.00875. The Bertz CT molecular complexity index is 498. The molecule has 2 bridgehead atoms. The van der Waals surface area contributed by atoms with Crippen molar-refractivity contribution in [1.82, 2.24) is 0 Å². The van der Waals surface area contributed by atoms with Crippen molar-refractivity contribution in [2.45, 2.75) is 55.1 Å². The summed E-state index contributed by atoms with van der Waals surface area (Å²) in [4.78, 5) is 0. The Balaban J connectivity index is 1.95. The fourth-order valence-corrected chi connectivity index (χ4v) is 5.86. The van der Waals surface area contributed by atoms with E-state index >= 15 is 0 Å². The second-order valence-electron chi connectivity index (χ2n) is 5.87. The van der Waals surface area contributed by atoms with Crippen LogP contribution < -0.4 is 4.74 Å². The molecule has 2 heterocycles. The molecule has 0 amide bonds. The number of para-hydroxylation sites is 1. The maximum Gasteiger partial charge on any atom is 0.125 e. The van der Waals surface area contributed by atoms with E-state index in [1.54, 1.807) is 0 Å². The highest BCUT2D eigenvalue weighted by atomic mass is 32.2. The normalized spacial score (nSPS) is 36.6. The lowest BCUT2D eigenvalue weighted by Crippen LogP contribution is -2.47. The zero-order valence-corrected chi connectivity index (χ0v) is 12.7. The first-order chi connectivity index (χ1) is 9.64. The summed E-state index contributed by atoms with van der Waals surface area (Å²) < 4.78 is 18.0. The molecule has 2 aliphatic heterocycles. The second-order valence-corrected chi connectivity index (χ2v) is 7.86. The van der Waals surface area contributed by atoms with Gasteiger partial charge >= 0.3 is 0 Å². The van der Waals surface area contributed by atoms with E-state index in [1.165, 1.54) is 0 Å². The summed E-state index contributed by atoms with van der Waals surface area (Å²) in [5.74, 6) is 0.767. The summed E-state index contributed by atoms with van der Waals surface area (Å²) in [6, 6.07) is 7.74. The van der Waals surface area contributed by atoms with Crippen molar-refractivity contribution < 1.29 is 14.1 Å². The van der Waals surface area contributed by atoms with Gasteiger partial charge in [-0.2, -0.15) is 0 Å². The molecule has 0 spiro atoms. The molecule has 2 saturated heterocycles. The molecule has 2 aliphatic rings. The van der Waals surface area contributed by atoms with E-state index in [1.807, 2.05) is 31.2 Å². The summed E-state index contributed by atoms with van der Waals surface area (Å²) in [5, 5.41) is 11.4. The first-order valence-electron chi connectivity index (χ1n) is 7.48. The third kappa shape index (κ3) is 2.40. The predicted octanol–water partition coefficient (Wildman–Crippen LogP) is 2.74. The zero-order chi connectivity index (χ0) is 14.2. The molecular formula is C16H22O3S. The molecule has 1 N–H and O–H groups in total. The van der Waals surface area contributed by atoms with Crippen molar-refractivity contribution >= 4 is 10.8 Å². The van der Waals surface area contributed by atoms with Crippen LogP contribution in [-0.2, 0) is 16.4 Å². The molecule has 0 radical (unpaired) electrons. The fourth-order valence-electron chi connectivity index (χ4n) is 3.64. The Morgan fingerprint density at radius 2 is 1.95 bits per heavy atom. The minimum absolute atomic E-state index is 0.141. The molecule has 110 valence electrons. The first-order valence-corrected chi connectivity index (χ1v) is 8.76. The monoisotopic (exact) mass is 294 g/mol. The summed E-state index contributed by atoms with van der Waals surface area (Å²) in [6.45, 7) is 2.54. The van der Waals surface area contributed by atoms with E-state index < -0.39 is 16.4 Å². The van der Waals surface area contributed by atoms with Gasteiger partial charge in [-0.05, 0) is 38.7 Å². The van der Waals surface area contributed by atoms with E-state index in [4.69, 9.17) is 4.74 Å². The van der Waals surface area contributed by atoms with Crippen LogP contribution in [0.5, 0.6) is 5.75 Å². The molecule has 0 saturated carbocycles. The number of hydrogen-bond donors (Lipinski definition) is 1. The predicted molar refractivity (Wildman–Crippen MR) is 80.3 cm³/mol. The number of ether oxygens (including phenoxy) is 1. The van der Waals surface area contributed by atoms with Crippen molar-refractivity contribution in [2.24, 2.45) is 0 Å². The summed E-state index contributed by atoms with van der Waals surface area (Å²) in [7, 11) is -0.767. The second kappa shape index (κ2) is 5.49. The minimum Gasteiger partial charge on any atom is -0.493 e. The average Bonchev–Trinajstić information content (AvgIpc) is 2.42. The quantitative estimate of drug-likeness (QED) is 0.932. The van der Waals surface area contributed by atoms with Crippen LogP contribution in [0.25, 0.3) is 0 Å². The van der Waals surface area contributed by atoms with E-state index in [9.17, 15) is 9.32 Å². The number of hydrogen-bond acceptors (Lipinski definition) is 3. The summed E-state index contributed by atoms with van der Waals surface area (Å²) >= 11 is 0. The number of aliphatic hydroxyl groups is 1. The van der Waals surface area contributed by atoms with Gasteiger partial charge in [0.25, 0.3) is 0 Å². The van der Waals surface area contributed by atoms with Crippen molar-refractivity contribution in [1.29, 1.82) is 0 Å². The number of rotatable bonds is 3. The third-order valence-electron chi connectivity index (χ3n) is 4.53. The highest BCUT2D eigenvalue weighted by Gasteiger charge is 2.47. The lowest BCUT2D eigenvalue weighted by Gasteiger charge is -2.44. The van der Waals surface area contributed by atoms with Gasteiger partial charge in [-0.15, -0.1) is 0 Å². The van der Waals surface area contributed by atoms with Crippen molar-refractivity contribution in [3.05, 3.63) is 29.8 Å². The van der Waals surface area contributed by atoms with Gasteiger partial charge in [-0.1, -0.05) is 24.6 Å². The van der Waals surface area contributed by atoms with E-state index in [2.05, 4.69) is 0 Å². The number of benzene rings is 1. The van der Waals surface area contributed by atoms with Crippen LogP contribution in [-0.4, -0.2) is 26.4 Å². The van der Waals surface area contributed by atoms with Crippen LogP contribution in [0.15, 0.2) is 24.3 Å². The molecule has 2 fully saturated rings. The maximum atomic E-state index is 12.3. The minimum atomic E-state index is -0.880. The molecule has 1 aromatic carbocycles. The molecule has 4 heteroatoms. The van der Waals surface area contributed by atoms with Crippen molar-refractivity contribution in [3.8, 4) is 5.75 Å². The van der Waals surface area contributed by atoms with Gasteiger partial charge in [0.15, 0.2) is 0 Å². The van der Waals surface area contributed by atoms with Gasteiger partial charge in [0.2, 0.25) is 0 Å². The first kappa shape index (κ1) is 14.1. The van der Waals surface area contributed by atoms with Crippen LogP contribution >= 0.6 is 0 Å². The highest BCUT2D eigenvalue weighted by molar-refractivity contribution is 7.86. The van der Waals surface area contributed by atoms with Crippen LogP contribution in [0.1, 0.15) is 44.6 Å². The number of fused-ring (bicyclic) bond motifs is 2. The Labute approximate surface area is 122 Å². The van der Waals surface area contributed by atoms with Crippen molar-refractivity contribution in [2.75, 3.05) is 6.61 Å². The highest BCUT2D eigenvalue weighted by Crippen LogP contribution is 2.46. The standard InChI is InChI=1S/C16H22O3S/c1-2-19-15-9-4-3-8-14(15)16(17)10-12-6-5-7-13(11-16)20(12)18/h3-4,8-9,12-13,17H,2,5-7,10-11H2,1H3. The Morgan fingerprint density at radius 3 is 2.60 bits per heavy atom. The van der Waals surface area contributed by atoms with Gasteiger partial charge in [0.05, 0.1) is 12.2 Å². The largest absolute Gasteiger partial charge is 0.493 e.